The van der Waals surface area contributed by atoms with E-state index in [0.717, 1.165) is 44.0 Å². The molecule has 1 heterocycles. The van der Waals surface area contributed by atoms with Crippen molar-refractivity contribution in [2.24, 2.45) is 0 Å². The fourth-order valence-corrected chi connectivity index (χ4v) is 2.73. The molecular weight excluding hydrogens is 262 g/mol. The number of aromatic hydroxyl groups is 1. The Labute approximate surface area is 125 Å². The largest absolute Gasteiger partial charge is 0.508 e. The number of hydrogen-bond donors (Lipinski definition) is 3. The molecule has 110 valence electrons. The van der Waals surface area contributed by atoms with Crippen LogP contribution in [0.15, 0.2) is 47.7 Å². The lowest BCUT2D eigenvalue weighted by atomic mass is 10.0. The van der Waals surface area contributed by atoms with E-state index < -0.39 is 0 Å². The highest BCUT2D eigenvalue weighted by Crippen LogP contribution is 2.28. The van der Waals surface area contributed by atoms with Crippen LogP contribution in [0.5, 0.6) is 5.75 Å². The number of benzene rings is 1. The first-order valence-electron chi connectivity index (χ1n) is 7.49. The third-order valence-corrected chi connectivity index (χ3v) is 3.94. The maximum atomic E-state index is 9.77. The van der Waals surface area contributed by atoms with Gasteiger partial charge >= 0.3 is 0 Å². The molecule has 4 heteroatoms. The van der Waals surface area contributed by atoms with Crippen LogP contribution >= 0.6 is 0 Å². The number of amidine groups is 1. The lowest BCUT2D eigenvalue weighted by Crippen LogP contribution is -2.72. The summed E-state index contributed by atoms with van der Waals surface area (Å²) in [6.45, 7) is 4.89. The number of nitrogens with one attached hydrogen (secondary N) is 2. The lowest BCUT2D eigenvalue weighted by molar-refractivity contribution is -0.445. The monoisotopic (exact) mass is 284 g/mol. The summed E-state index contributed by atoms with van der Waals surface area (Å²) in [5, 5.41) is 13.1. The second-order valence-corrected chi connectivity index (χ2v) is 5.61. The third-order valence-electron chi connectivity index (χ3n) is 3.94. The maximum Gasteiger partial charge on any atom is 0.263 e. The number of phenols is 1. The smallest absolute Gasteiger partial charge is 0.263 e. The maximum absolute atomic E-state index is 9.77. The van der Waals surface area contributed by atoms with Gasteiger partial charge in [0.25, 0.3) is 5.84 Å². The van der Waals surface area contributed by atoms with E-state index in [4.69, 9.17) is 0 Å². The molecule has 2 aliphatic rings. The van der Waals surface area contributed by atoms with Crippen molar-refractivity contribution in [1.29, 1.82) is 0 Å². The minimum absolute atomic E-state index is 0.304. The van der Waals surface area contributed by atoms with E-state index >= 15 is 0 Å². The molecule has 3 rings (SSSR count). The van der Waals surface area contributed by atoms with Crippen LogP contribution in [0.3, 0.4) is 0 Å². The highest BCUT2D eigenvalue weighted by molar-refractivity contribution is 5.83. The number of rotatable bonds is 4. The van der Waals surface area contributed by atoms with Crippen molar-refractivity contribution in [1.82, 2.24) is 5.32 Å². The fraction of sp³-hybridized carbons (Fsp3) is 0.353. The van der Waals surface area contributed by atoms with Gasteiger partial charge in [0.2, 0.25) is 0 Å². The average Bonchev–Trinajstić information content (AvgIpc) is 2.99. The van der Waals surface area contributed by atoms with Gasteiger partial charge in [-0.2, -0.15) is 0 Å². The molecule has 0 aromatic heterocycles. The molecule has 0 fully saturated rings. The van der Waals surface area contributed by atoms with E-state index in [-0.39, 0.29) is 0 Å². The normalized spacial score (nSPS) is 17.7. The van der Waals surface area contributed by atoms with E-state index in [1.165, 1.54) is 11.3 Å². The zero-order chi connectivity index (χ0) is 14.7. The zero-order valence-electron chi connectivity index (χ0n) is 12.4. The molecule has 0 saturated carbocycles. The van der Waals surface area contributed by atoms with E-state index in [9.17, 15) is 5.11 Å². The van der Waals surface area contributed by atoms with Gasteiger partial charge in [0.1, 0.15) is 25.4 Å². The van der Waals surface area contributed by atoms with Crippen molar-refractivity contribution < 1.29 is 10.1 Å². The van der Waals surface area contributed by atoms with Gasteiger partial charge in [-0.25, -0.2) is 0 Å². The summed E-state index contributed by atoms with van der Waals surface area (Å²) in [4.78, 5) is 5.65. The van der Waals surface area contributed by atoms with Crippen molar-refractivity contribution in [2.75, 3.05) is 24.5 Å². The minimum Gasteiger partial charge on any atom is -0.508 e. The van der Waals surface area contributed by atoms with E-state index in [2.05, 4.69) is 34.3 Å². The molecule has 0 amide bonds. The molecule has 3 N–H and O–H groups in total. The van der Waals surface area contributed by atoms with Crippen LogP contribution in [0, 0.1) is 0 Å². The molecule has 4 nitrogen and oxygen atoms in total. The summed E-state index contributed by atoms with van der Waals surface area (Å²) in [6.07, 6.45) is 6.51. The van der Waals surface area contributed by atoms with Crippen LogP contribution in [0.2, 0.25) is 0 Å². The molecular formula is C17H22N3O+. The van der Waals surface area contributed by atoms with Crippen LogP contribution in [0.25, 0.3) is 0 Å². The highest BCUT2D eigenvalue weighted by atomic mass is 16.3. The summed E-state index contributed by atoms with van der Waals surface area (Å²) >= 11 is 0. The van der Waals surface area contributed by atoms with Gasteiger partial charge in [-0.05, 0) is 38.0 Å². The second kappa shape index (κ2) is 6.04. The quantitative estimate of drug-likeness (QED) is 0.770. The summed E-state index contributed by atoms with van der Waals surface area (Å²) in [7, 11) is 0. The van der Waals surface area contributed by atoms with Crippen molar-refractivity contribution in [3.63, 3.8) is 0 Å². The summed E-state index contributed by atoms with van der Waals surface area (Å²) < 4.78 is 0. The Hall–Kier alpha value is -2.23. The minimum atomic E-state index is 0.304. The van der Waals surface area contributed by atoms with Crippen LogP contribution < -0.4 is 15.2 Å². The molecule has 1 aliphatic carbocycles. The highest BCUT2D eigenvalue weighted by Gasteiger charge is 2.21. The first kappa shape index (κ1) is 13.7. The SMILES string of the molecule is CC1=CC=C(N(CC2=[NH+]CCN2)c2cccc(O)c2)CC1. The van der Waals surface area contributed by atoms with Crippen LogP contribution in [0.1, 0.15) is 19.8 Å². The van der Waals surface area contributed by atoms with Crippen molar-refractivity contribution in [3.8, 4) is 5.75 Å². The standard InChI is InChI=1S/C17H21N3O/c1-13-5-7-14(8-6-13)20(12-17-18-9-10-19-17)15-3-2-4-16(21)11-15/h2-5,7,11,21H,6,8-10,12H2,1H3,(H,18,19)/p+1. The van der Waals surface area contributed by atoms with Crippen LogP contribution in [-0.4, -0.2) is 30.6 Å². The third kappa shape index (κ3) is 3.27. The molecule has 0 atom stereocenters. The van der Waals surface area contributed by atoms with Crippen LogP contribution in [-0.2, 0) is 0 Å². The predicted octanol–water partition coefficient (Wildman–Crippen LogP) is 0.905. The lowest BCUT2D eigenvalue weighted by Gasteiger charge is -2.28. The topological polar surface area (TPSA) is 49.5 Å². The number of nitrogens with zero attached hydrogens (tertiary/aromatic N) is 1. The molecule has 0 saturated heterocycles. The van der Waals surface area contributed by atoms with Gasteiger partial charge in [0.05, 0.1) is 0 Å². The van der Waals surface area contributed by atoms with Gasteiger partial charge in [0, 0.05) is 17.5 Å². The first-order valence-corrected chi connectivity index (χ1v) is 7.49. The van der Waals surface area contributed by atoms with Gasteiger partial charge in [-0.15, -0.1) is 0 Å². The first-order chi connectivity index (χ1) is 10.2. The summed E-state index contributed by atoms with van der Waals surface area (Å²) in [5.74, 6) is 1.45. The molecule has 21 heavy (non-hydrogen) atoms. The summed E-state index contributed by atoms with van der Waals surface area (Å²) in [6, 6.07) is 7.46. The van der Waals surface area contributed by atoms with Crippen molar-refractivity contribution in [3.05, 3.63) is 47.7 Å². The summed E-state index contributed by atoms with van der Waals surface area (Å²) in [5.41, 5.74) is 3.73. The Morgan fingerprint density at radius 1 is 1.29 bits per heavy atom. The number of anilines is 1. The van der Waals surface area contributed by atoms with Crippen molar-refractivity contribution >= 4 is 11.5 Å². The average molecular weight is 284 g/mol. The fourth-order valence-electron chi connectivity index (χ4n) is 2.73. The van der Waals surface area contributed by atoms with Crippen molar-refractivity contribution in [2.45, 2.75) is 19.8 Å². The van der Waals surface area contributed by atoms with Gasteiger partial charge in [-0.1, -0.05) is 17.7 Å². The molecule has 1 aliphatic heterocycles. The van der Waals surface area contributed by atoms with E-state index in [1.54, 1.807) is 6.07 Å². The molecule has 0 radical (unpaired) electrons. The Morgan fingerprint density at radius 2 is 2.19 bits per heavy atom. The second-order valence-electron chi connectivity index (χ2n) is 5.61. The Morgan fingerprint density at radius 3 is 2.86 bits per heavy atom. The van der Waals surface area contributed by atoms with Gasteiger partial charge in [0.15, 0.2) is 0 Å². The Bertz CT molecular complexity index is 616. The Balaban J connectivity index is 1.90. The van der Waals surface area contributed by atoms with E-state index in [0.29, 0.717) is 5.75 Å². The zero-order valence-corrected chi connectivity index (χ0v) is 12.4. The van der Waals surface area contributed by atoms with Crippen LogP contribution in [0.4, 0.5) is 5.69 Å². The van der Waals surface area contributed by atoms with E-state index in [1.807, 2.05) is 18.2 Å². The predicted molar refractivity (Wildman–Crippen MR) is 85.4 cm³/mol. The number of phenolic OH excluding ortho intramolecular Hbond substituents is 1. The molecule has 0 bridgehead atoms. The Kier molecular flexibility index (Phi) is 3.95. The number of hydrogen-bond acceptors (Lipinski definition) is 3. The molecule has 1 aromatic rings. The molecule has 1 aromatic carbocycles. The molecule has 0 unspecified atom stereocenters. The van der Waals surface area contributed by atoms with Gasteiger partial charge in [-0.3, -0.25) is 10.3 Å². The number of allylic oxidation sites excluding steroid dienone is 4. The van der Waals surface area contributed by atoms with Gasteiger partial charge < -0.3 is 10.0 Å². The molecule has 0 spiro atoms.